The lowest BCUT2D eigenvalue weighted by atomic mass is 10.0. The molecule has 0 fully saturated rings. The van der Waals surface area contributed by atoms with E-state index >= 15 is 0 Å². The van der Waals surface area contributed by atoms with Gasteiger partial charge >= 0.3 is 35.8 Å². The zero-order chi connectivity index (χ0) is 27.6. The van der Waals surface area contributed by atoms with E-state index < -0.39 is 77.1 Å². The summed E-state index contributed by atoms with van der Waals surface area (Å²) in [5.74, 6) is -10.8. The Balaban J connectivity index is 2.59. The van der Waals surface area contributed by atoms with Crippen LogP contribution in [0.2, 0.25) is 0 Å². The summed E-state index contributed by atoms with van der Waals surface area (Å²) in [5, 5.41) is 57.8. The van der Waals surface area contributed by atoms with Gasteiger partial charge in [-0.3, -0.25) is 0 Å². The maximum Gasteiger partial charge on any atom is 0.337 e. The molecule has 188 valence electrons. The average molecular weight is 526 g/mol. The average Bonchev–Trinajstić information content (AvgIpc) is 2.83. The number of hydrogen-bond donors (Lipinski definition) is 6. The molecule has 3 aromatic carbocycles. The Labute approximate surface area is 207 Å². The van der Waals surface area contributed by atoms with E-state index in [4.69, 9.17) is 0 Å². The molecule has 0 amide bonds. The summed E-state index contributed by atoms with van der Waals surface area (Å²) in [5.41, 5.74) is -5.64. The maximum atomic E-state index is 12.3. The third kappa shape index (κ3) is 4.86. The Bertz CT molecular complexity index is 1400. The molecule has 0 radical (unpaired) electrons. The van der Waals surface area contributed by atoms with Crippen LogP contribution in [-0.2, 0) is 0 Å². The molecule has 0 aliphatic heterocycles. The van der Waals surface area contributed by atoms with Crippen LogP contribution in [0, 0.1) is 0 Å². The van der Waals surface area contributed by atoms with Gasteiger partial charge in [-0.2, -0.15) is 0 Å². The number of benzene rings is 3. The van der Waals surface area contributed by atoms with E-state index in [0.717, 1.165) is 24.3 Å². The highest BCUT2D eigenvalue weighted by Gasteiger charge is 2.35. The van der Waals surface area contributed by atoms with E-state index in [-0.39, 0.29) is 15.9 Å². The number of carbonyl (C=O) groups is 6. The fourth-order valence-electron chi connectivity index (χ4n) is 3.77. The van der Waals surface area contributed by atoms with Crippen molar-refractivity contribution in [3.63, 3.8) is 0 Å². The van der Waals surface area contributed by atoms with Crippen molar-refractivity contribution in [3.05, 3.63) is 88.0 Å². The summed E-state index contributed by atoms with van der Waals surface area (Å²) in [6.45, 7) is 0. The molecule has 0 saturated carbocycles. The molecule has 0 aliphatic carbocycles. The predicted molar refractivity (Wildman–Crippen MR) is 127 cm³/mol. The third-order valence-corrected chi connectivity index (χ3v) is 7.70. The molecular formula is C24H15O12P. The summed E-state index contributed by atoms with van der Waals surface area (Å²) < 4.78 is 0. The van der Waals surface area contributed by atoms with Crippen molar-refractivity contribution in [3.8, 4) is 0 Å². The Kier molecular flexibility index (Phi) is 7.35. The Morgan fingerprint density at radius 1 is 0.432 bits per heavy atom. The summed E-state index contributed by atoms with van der Waals surface area (Å²) in [6.07, 6.45) is 0. The van der Waals surface area contributed by atoms with Gasteiger partial charge < -0.3 is 30.6 Å². The number of carboxylic acids is 6. The standard InChI is InChI=1S/C24H15O12P/c25-19(26)11-6-8-13(17(23(33)34)15(11)21(29)30)37(10-4-2-1-3-5-10)14-9-7-12(20(27)28)16(22(31)32)18(14)24(35)36/h1-9H,(H,25,26)(H,27,28)(H,29,30)(H,31,32)(H,33,34)(H,35,36). The highest BCUT2D eigenvalue weighted by Crippen LogP contribution is 2.38. The number of hydrogen-bond acceptors (Lipinski definition) is 6. The zero-order valence-corrected chi connectivity index (χ0v) is 19.2. The SMILES string of the molecule is O=C(O)c1ccc(P(c2ccccc2)c2ccc(C(=O)O)c(C(=O)O)c2C(=O)O)c(C(=O)O)c1C(=O)O. The van der Waals surface area contributed by atoms with Crippen molar-refractivity contribution >= 4 is 59.7 Å². The second kappa shape index (κ2) is 10.3. The van der Waals surface area contributed by atoms with Gasteiger partial charge in [-0.1, -0.05) is 42.5 Å². The molecule has 0 aromatic heterocycles. The van der Waals surface area contributed by atoms with Crippen LogP contribution >= 0.6 is 7.92 Å². The van der Waals surface area contributed by atoms with Crippen molar-refractivity contribution in [2.24, 2.45) is 0 Å². The van der Waals surface area contributed by atoms with E-state index in [2.05, 4.69) is 0 Å². The molecule has 0 unspecified atom stereocenters. The van der Waals surface area contributed by atoms with Crippen molar-refractivity contribution in [1.82, 2.24) is 0 Å². The minimum absolute atomic E-state index is 0.251. The first-order valence-corrected chi connectivity index (χ1v) is 11.3. The molecule has 37 heavy (non-hydrogen) atoms. The first kappa shape index (κ1) is 26.5. The second-order valence-corrected chi connectivity index (χ2v) is 9.42. The molecule has 3 aromatic rings. The minimum Gasteiger partial charge on any atom is -0.478 e. The highest BCUT2D eigenvalue weighted by molar-refractivity contribution is 7.80. The van der Waals surface area contributed by atoms with Gasteiger partial charge in [0.1, 0.15) is 0 Å². The number of aromatic carboxylic acids is 6. The van der Waals surface area contributed by atoms with Crippen LogP contribution < -0.4 is 15.9 Å². The molecule has 0 spiro atoms. The van der Waals surface area contributed by atoms with Crippen LogP contribution in [0.15, 0.2) is 54.6 Å². The van der Waals surface area contributed by atoms with E-state index in [1.165, 1.54) is 24.3 Å². The van der Waals surface area contributed by atoms with E-state index in [1.807, 2.05) is 0 Å². The van der Waals surface area contributed by atoms with Crippen LogP contribution in [0.25, 0.3) is 0 Å². The lowest BCUT2D eigenvalue weighted by molar-refractivity contribution is 0.0633. The smallest absolute Gasteiger partial charge is 0.337 e. The van der Waals surface area contributed by atoms with Crippen LogP contribution in [0.3, 0.4) is 0 Å². The molecule has 0 heterocycles. The summed E-state index contributed by atoms with van der Waals surface area (Å²) in [7, 11) is -2.37. The Hall–Kier alpha value is -5.09. The van der Waals surface area contributed by atoms with Crippen LogP contribution in [0.1, 0.15) is 62.1 Å². The molecular weight excluding hydrogens is 511 g/mol. The Morgan fingerprint density at radius 3 is 1.08 bits per heavy atom. The van der Waals surface area contributed by atoms with Gasteiger partial charge in [0, 0.05) is 10.6 Å². The van der Waals surface area contributed by atoms with E-state index in [1.54, 1.807) is 6.07 Å². The van der Waals surface area contributed by atoms with Gasteiger partial charge in [0.15, 0.2) is 0 Å². The van der Waals surface area contributed by atoms with Crippen molar-refractivity contribution in [2.45, 2.75) is 0 Å². The largest absolute Gasteiger partial charge is 0.478 e. The fraction of sp³-hybridized carbons (Fsp3) is 0. The van der Waals surface area contributed by atoms with Gasteiger partial charge in [0.25, 0.3) is 0 Å². The van der Waals surface area contributed by atoms with Crippen molar-refractivity contribution < 1.29 is 59.4 Å². The molecule has 13 heteroatoms. The first-order chi connectivity index (χ1) is 17.4. The topological polar surface area (TPSA) is 224 Å². The van der Waals surface area contributed by atoms with Crippen LogP contribution in [0.4, 0.5) is 0 Å². The van der Waals surface area contributed by atoms with Crippen LogP contribution in [0.5, 0.6) is 0 Å². The normalized spacial score (nSPS) is 10.6. The lowest BCUT2D eigenvalue weighted by Crippen LogP contribution is -2.32. The van der Waals surface area contributed by atoms with Gasteiger partial charge in [0.05, 0.1) is 33.4 Å². The first-order valence-electron chi connectivity index (χ1n) is 9.97. The number of carboxylic acid groups (broad SMARTS) is 6. The summed E-state index contributed by atoms with van der Waals surface area (Å²) in [4.78, 5) is 71.8. The summed E-state index contributed by atoms with van der Waals surface area (Å²) >= 11 is 0. The molecule has 0 bridgehead atoms. The predicted octanol–water partition coefficient (Wildman–Crippen LogP) is 1.63. The molecule has 0 atom stereocenters. The van der Waals surface area contributed by atoms with E-state index in [0.29, 0.717) is 0 Å². The molecule has 3 rings (SSSR count). The van der Waals surface area contributed by atoms with Crippen molar-refractivity contribution in [2.75, 3.05) is 0 Å². The fourth-order valence-corrected chi connectivity index (χ4v) is 6.37. The number of rotatable bonds is 9. The summed E-state index contributed by atoms with van der Waals surface area (Å²) in [6, 6.07) is 11.3. The molecule has 0 aliphatic rings. The van der Waals surface area contributed by atoms with Gasteiger partial charge in [-0.25, -0.2) is 28.8 Å². The van der Waals surface area contributed by atoms with E-state index in [9.17, 15) is 59.4 Å². The lowest BCUT2D eigenvalue weighted by Gasteiger charge is -2.25. The van der Waals surface area contributed by atoms with Crippen LogP contribution in [-0.4, -0.2) is 66.5 Å². The van der Waals surface area contributed by atoms with Gasteiger partial charge in [-0.05, 0) is 25.4 Å². The molecule has 6 N–H and O–H groups in total. The molecule has 0 saturated heterocycles. The minimum atomic E-state index is -2.37. The second-order valence-electron chi connectivity index (χ2n) is 7.27. The maximum absolute atomic E-state index is 12.3. The van der Waals surface area contributed by atoms with Gasteiger partial charge in [0.2, 0.25) is 0 Å². The third-order valence-electron chi connectivity index (χ3n) is 5.18. The Morgan fingerprint density at radius 2 is 0.784 bits per heavy atom. The zero-order valence-electron chi connectivity index (χ0n) is 18.3. The highest BCUT2D eigenvalue weighted by atomic mass is 31.1. The molecule has 12 nitrogen and oxygen atoms in total. The quantitative estimate of drug-likeness (QED) is 0.219. The monoisotopic (exact) mass is 526 g/mol. The van der Waals surface area contributed by atoms with Crippen molar-refractivity contribution in [1.29, 1.82) is 0 Å². The van der Waals surface area contributed by atoms with Gasteiger partial charge in [-0.15, -0.1) is 0 Å².